The van der Waals surface area contributed by atoms with Crippen molar-refractivity contribution < 1.29 is 31.1 Å². The second-order valence-corrected chi connectivity index (χ2v) is 9.05. The van der Waals surface area contributed by atoms with Crippen molar-refractivity contribution in [1.82, 2.24) is 9.97 Å². The summed E-state index contributed by atoms with van der Waals surface area (Å²) in [5, 5.41) is 0. The van der Waals surface area contributed by atoms with Gasteiger partial charge < -0.3 is 10.5 Å². The Hall–Kier alpha value is -4.45. The molecule has 4 rings (SSSR count). The van der Waals surface area contributed by atoms with Crippen molar-refractivity contribution in [2.24, 2.45) is 5.73 Å². The van der Waals surface area contributed by atoms with Crippen LogP contribution in [0, 0.1) is 0 Å². The quantitative estimate of drug-likeness (QED) is 0.363. The highest BCUT2D eigenvalue weighted by molar-refractivity contribution is 7.92. The van der Waals surface area contributed by atoms with Crippen molar-refractivity contribution in [2.45, 2.75) is 11.1 Å². The van der Waals surface area contributed by atoms with Crippen LogP contribution in [0.2, 0.25) is 0 Å². The van der Waals surface area contributed by atoms with E-state index >= 15 is 0 Å². The Morgan fingerprint density at radius 3 is 2.14 bits per heavy atom. The molecule has 1 heterocycles. The first kappa shape index (κ1) is 24.7. The Bertz CT molecular complexity index is 1510. The predicted octanol–water partition coefficient (Wildman–Crippen LogP) is 4.85. The third-order valence-electron chi connectivity index (χ3n) is 4.84. The van der Waals surface area contributed by atoms with Crippen molar-refractivity contribution in [2.75, 3.05) is 4.72 Å². The Morgan fingerprint density at radius 2 is 1.53 bits per heavy atom. The molecule has 0 radical (unpaired) electrons. The molecule has 184 valence electrons. The number of halogens is 3. The van der Waals surface area contributed by atoms with Gasteiger partial charge >= 0.3 is 6.18 Å². The molecule has 36 heavy (non-hydrogen) atoms. The van der Waals surface area contributed by atoms with Gasteiger partial charge in [0.2, 0.25) is 17.7 Å². The lowest BCUT2D eigenvalue weighted by molar-refractivity contribution is -0.137. The molecule has 0 unspecified atom stereocenters. The number of sulfonamides is 1. The van der Waals surface area contributed by atoms with Gasteiger partial charge in [0, 0.05) is 17.2 Å². The minimum atomic E-state index is -4.72. The molecule has 0 atom stereocenters. The van der Waals surface area contributed by atoms with Gasteiger partial charge in [-0.2, -0.15) is 18.2 Å². The lowest BCUT2D eigenvalue weighted by Crippen LogP contribution is -2.17. The van der Waals surface area contributed by atoms with Gasteiger partial charge in [-0.3, -0.25) is 4.79 Å². The summed E-state index contributed by atoms with van der Waals surface area (Å²) in [5.74, 6) is -1.35. The molecule has 8 nitrogen and oxygen atoms in total. The molecule has 0 fully saturated rings. The van der Waals surface area contributed by atoms with Crippen LogP contribution in [0.25, 0.3) is 11.3 Å². The van der Waals surface area contributed by atoms with Gasteiger partial charge in [0.15, 0.2) is 0 Å². The number of benzene rings is 3. The monoisotopic (exact) mass is 514 g/mol. The number of nitrogens with zero attached hydrogens (tertiary/aromatic N) is 2. The van der Waals surface area contributed by atoms with Crippen LogP contribution in [-0.4, -0.2) is 24.3 Å². The number of primary amides is 1. The minimum Gasteiger partial charge on any atom is -0.439 e. The maximum atomic E-state index is 13.2. The second-order valence-electron chi connectivity index (χ2n) is 7.37. The van der Waals surface area contributed by atoms with Crippen LogP contribution in [0.5, 0.6) is 11.6 Å². The van der Waals surface area contributed by atoms with Gasteiger partial charge in [-0.15, -0.1) is 0 Å². The highest BCUT2D eigenvalue weighted by Crippen LogP contribution is 2.34. The molecule has 0 saturated carbocycles. The normalized spacial score (nSPS) is 11.6. The average Bonchev–Trinajstić information content (AvgIpc) is 2.84. The average molecular weight is 514 g/mol. The number of amides is 1. The standard InChI is InChI=1S/C24H17F3N4O4S/c25-24(26,27)15-11-12-18(19(13-15)22(28)32)20-14-21(35-16-7-3-1-4-8-16)30-23(29-20)31-36(33,34)17-9-5-2-6-10-17/h1-14H,(H2,28,32)(H,29,30,31). The first-order valence-corrected chi connectivity index (χ1v) is 11.7. The maximum Gasteiger partial charge on any atom is 0.416 e. The van der Waals surface area contributed by atoms with E-state index in [4.69, 9.17) is 10.5 Å². The number of nitrogens with two attached hydrogens (primary N) is 1. The third kappa shape index (κ3) is 5.61. The number of para-hydroxylation sites is 1. The molecule has 0 aliphatic heterocycles. The summed E-state index contributed by atoms with van der Waals surface area (Å²) in [6, 6.07) is 19.4. The van der Waals surface area contributed by atoms with Crippen LogP contribution in [0.1, 0.15) is 15.9 Å². The molecule has 12 heteroatoms. The molecule has 0 bridgehead atoms. The number of carbonyl (C=O) groups is 1. The largest absolute Gasteiger partial charge is 0.439 e. The molecule has 1 amide bonds. The van der Waals surface area contributed by atoms with Gasteiger partial charge in [0.1, 0.15) is 5.75 Å². The summed E-state index contributed by atoms with van der Waals surface area (Å²) < 4.78 is 73.2. The van der Waals surface area contributed by atoms with E-state index in [1.165, 1.54) is 30.3 Å². The summed E-state index contributed by atoms with van der Waals surface area (Å²) in [7, 11) is -4.13. The number of hydrogen-bond donors (Lipinski definition) is 2. The van der Waals surface area contributed by atoms with Crippen molar-refractivity contribution in [1.29, 1.82) is 0 Å². The number of alkyl halides is 3. The smallest absolute Gasteiger partial charge is 0.416 e. The molecule has 1 aromatic heterocycles. The van der Waals surface area contributed by atoms with Crippen molar-refractivity contribution in [3.05, 3.63) is 96.1 Å². The summed E-state index contributed by atoms with van der Waals surface area (Å²) in [4.78, 5) is 20.1. The lowest BCUT2D eigenvalue weighted by atomic mass is 10.0. The van der Waals surface area contributed by atoms with Crippen LogP contribution in [0.4, 0.5) is 19.1 Å². The van der Waals surface area contributed by atoms with Crippen LogP contribution in [0.15, 0.2) is 89.8 Å². The van der Waals surface area contributed by atoms with Gasteiger partial charge in [-0.05, 0) is 36.4 Å². The number of anilines is 1. The fraction of sp³-hybridized carbons (Fsp3) is 0.0417. The molecular formula is C24H17F3N4O4S. The Balaban J connectivity index is 1.84. The Kier molecular flexibility index (Phi) is 6.62. The first-order chi connectivity index (χ1) is 17.0. The fourth-order valence-corrected chi connectivity index (χ4v) is 4.16. The maximum absolute atomic E-state index is 13.2. The van der Waals surface area contributed by atoms with E-state index < -0.39 is 39.2 Å². The van der Waals surface area contributed by atoms with Gasteiger partial charge in [-0.1, -0.05) is 42.5 Å². The van der Waals surface area contributed by atoms with Crippen molar-refractivity contribution in [3.63, 3.8) is 0 Å². The van der Waals surface area contributed by atoms with E-state index in [9.17, 15) is 26.4 Å². The summed E-state index contributed by atoms with van der Waals surface area (Å²) in [5.41, 5.74) is 3.63. The predicted molar refractivity (Wildman–Crippen MR) is 125 cm³/mol. The van der Waals surface area contributed by atoms with Crippen LogP contribution >= 0.6 is 0 Å². The van der Waals surface area contributed by atoms with Crippen LogP contribution < -0.4 is 15.2 Å². The molecule has 3 N–H and O–H groups in total. The van der Waals surface area contributed by atoms with Crippen molar-refractivity contribution in [3.8, 4) is 22.9 Å². The minimum absolute atomic E-state index is 0.0723. The Labute approximate surface area is 203 Å². The molecule has 4 aromatic rings. The molecule has 0 aliphatic carbocycles. The van der Waals surface area contributed by atoms with E-state index in [0.29, 0.717) is 11.8 Å². The van der Waals surface area contributed by atoms with E-state index in [-0.39, 0.29) is 22.0 Å². The van der Waals surface area contributed by atoms with Gasteiger partial charge in [0.05, 0.1) is 16.2 Å². The summed E-state index contributed by atoms with van der Waals surface area (Å²) >= 11 is 0. The van der Waals surface area contributed by atoms with Gasteiger partial charge in [0.25, 0.3) is 10.0 Å². The zero-order valence-electron chi connectivity index (χ0n) is 18.2. The zero-order chi connectivity index (χ0) is 25.9. The van der Waals surface area contributed by atoms with Gasteiger partial charge in [-0.25, -0.2) is 18.1 Å². The number of ether oxygens (including phenoxy) is 1. The number of nitrogens with one attached hydrogen (secondary N) is 1. The number of aromatic nitrogens is 2. The van der Waals surface area contributed by atoms with Crippen molar-refractivity contribution >= 4 is 21.9 Å². The molecule has 3 aromatic carbocycles. The SMILES string of the molecule is NC(=O)c1cc(C(F)(F)F)ccc1-c1cc(Oc2ccccc2)nc(NS(=O)(=O)c2ccccc2)n1. The molecule has 0 aliphatic rings. The van der Waals surface area contributed by atoms with E-state index in [2.05, 4.69) is 14.7 Å². The second kappa shape index (κ2) is 9.66. The molecule has 0 saturated heterocycles. The number of rotatable bonds is 7. The Morgan fingerprint density at radius 1 is 0.889 bits per heavy atom. The van der Waals surface area contributed by atoms with E-state index in [1.807, 2.05) is 0 Å². The lowest BCUT2D eigenvalue weighted by Gasteiger charge is -2.14. The zero-order valence-corrected chi connectivity index (χ0v) is 19.0. The van der Waals surface area contributed by atoms with Crippen LogP contribution in [-0.2, 0) is 16.2 Å². The summed E-state index contributed by atoms with van der Waals surface area (Å²) in [6.45, 7) is 0. The third-order valence-corrected chi connectivity index (χ3v) is 6.18. The number of hydrogen-bond acceptors (Lipinski definition) is 6. The number of carbonyl (C=O) groups excluding carboxylic acids is 1. The van der Waals surface area contributed by atoms with Crippen LogP contribution in [0.3, 0.4) is 0 Å². The van der Waals surface area contributed by atoms with E-state index in [0.717, 1.165) is 12.1 Å². The highest BCUT2D eigenvalue weighted by atomic mass is 32.2. The molecular weight excluding hydrogens is 497 g/mol. The fourth-order valence-electron chi connectivity index (χ4n) is 3.20. The summed E-state index contributed by atoms with van der Waals surface area (Å²) in [6.07, 6.45) is -4.72. The first-order valence-electron chi connectivity index (χ1n) is 10.2. The van der Waals surface area contributed by atoms with E-state index in [1.54, 1.807) is 36.4 Å². The topological polar surface area (TPSA) is 124 Å². The highest BCUT2D eigenvalue weighted by Gasteiger charge is 2.32. The molecule has 0 spiro atoms.